The van der Waals surface area contributed by atoms with Gasteiger partial charge in [0.15, 0.2) is 0 Å². The van der Waals surface area contributed by atoms with Gasteiger partial charge in [0.2, 0.25) is 0 Å². The van der Waals surface area contributed by atoms with Crippen LogP contribution in [0.2, 0.25) is 0 Å². The van der Waals surface area contributed by atoms with Gasteiger partial charge in [0.05, 0.1) is 6.61 Å². The monoisotopic (exact) mass is 288 g/mol. The van der Waals surface area contributed by atoms with E-state index in [0.29, 0.717) is 10.8 Å². The van der Waals surface area contributed by atoms with Crippen LogP contribution in [0.4, 0.5) is 0 Å². The van der Waals surface area contributed by atoms with Crippen molar-refractivity contribution in [3.05, 3.63) is 24.3 Å². The van der Waals surface area contributed by atoms with Gasteiger partial charge in [-0.3, -0.25) is 0 Å². The molecule has 0 spiro atoms. The highest BCUT2D eigenvalue weighted by atomic mass is 16.3. The summed E-state index contributed by atoms with van der Waals surface area (Å²) in [7, 11) is 0. The van der Waals surface area contributed by atoms with E-state index >= 15 is 0 Å². The van der Waals surface area contributed by atoms with Crippen LogP contribution in [-0.4, -0.2) is 11.7 Å². The molecule has 0 heterocycles. The zero-order valence-electron chi connectivity index (χ0n) is 14.1. The molecule has 118 valence electrons. The zero-order valence-corrected chi connectivity index (χ0v) is 14.1. The maximum absolute atomic E-state index is 9.81. The molecule has 21 heavy (non-hydrogen) atoms. The van der Waals surface area contributed by atoms with Crippen LogP contribution in [0.25, 0.3) is 0 Å². The van der Waals surface area contributed by atoms with Crippen LogP contribution < -0.4 is 0 Å². The fraction of sp³-hybridized carbons (Fsp3) is 0.800. The Morgan fingerprint density at radius 3 is 2.71 bits per heavy atom. The number of hydrogen-bond acceptors (Lipinski definition) is 1. The van der Waals surface area contributed by atoms with Crippen LogP contribution in [0.3, 0.4) is 0 Å². The molecule has 1 heteroatoms. The minimum absolute atomic E-state index is 0.0459. The van der Waals surface area contributed by atoms with Crippen molar-refractivity contribution in [3.8, 4) is 0 Å². The molecule has 0 aromatic heterocycles. The largest absolute Gasteiger partial charge is 0.395 e. The average Bonchev–Trinajstić information content (AvgIpc) is 2.45. The predicted octanol–water partition coefficient (Wildman–Crippen LogP) is 5.11. The first-order valence-corrected chi connectivity index (χ1v) is 8.80. The average molecular weight is 288 g/mol. The van der Waals surface area contributed by atoms with E-state index in [0.717, 1.165) is 24.7 Å². The Bertz CT molecular complexity index is 460. The summed E-state index contributed by atoms with van der Waals surface area (Å²) in [5.74, 6) is 1.58. The van der Waals surface area contributed by atoms with E-state index in [1.807, 2.05) is 6.08 Å². The van der Waals surface area contributed by atoms with Crippen molar-refractivity contribution in [2.45, 2.75) is 65.7 Å². The molecule has 0 radical (unpaired) electrons. The number of allylic oxidation sites excluding steroid dienone is 2. The van der Waals surface area contributed by atoms with E-state index < -0.39 is 0 Å². The number of aliphatic hydroxyl groups is 1. The second-order valence-corrected chi connectivity index (χ2v) is 8.91. The molecule has 0 amide bonds. The van der Waals surface area contributed by atoms with Gasteiger partial charge < -0.3 is 5.11 Å². The molecule has 0 saturated heterocycles. The highest BCUT2D eigenvalue weighted by Gasteiger charge is 2.54. The summed E-state index contributed by atoms with van der Waals surface area (Å²) >= 11 is 0. The van der Waals surface area contributed by atoms with E-state index in [1.54, 1.807) is 5.57 Å². The van der Waals surface area contributed by atoms with E-state index in [2.05, 4.69) is 33.4 Å². The molecule has 0 bridgehead atoms. The summed E-state index contributed by atoms with van der Waals surface area (Å²) in [5, 5.41) is 9.81. The van der Waals surface area contributed by atoms with Crippen molar-refractivity contribution in [1.82, 2.24) is 0 Å². The topological polar surface area (TPSA) is 20.2 Å². The van der Waals surface area contributed by atoms with Crippen molar-refractivity contribution in [2.24, 2.45) is 28.1 Å². The quantitative estimate of drug-likeness (QED) is 0.700. The van der Waals surface area contributed by atoms with Crippen LogP contribution in [0.1, 0.15) is 65.7 Å². The van der Waals surface area contributed by atoms with Gasteiger partial charge in [-0.25, -0.2) is 0 Å². The smallest absolute Gasteiger partial charge is 0.0524 e. The van der Waals surface area contributed by atoms with Crippen molar-refractivity contribution in [2.75, 3.05) is 6.61 Å². The van der Waals surface area contributed by atoms with E-state index in [4.69, 9.17) is 0 Å². The maximum Gasteiger partial charge on any atom is 0.0524 e. The lowest BCUT2D eigenvalue weighted by Gasteiger charge is -2.59. The van der Waals surface area contributed by atoms with Crippen molar-refractivity contribution < 1.29 is 5.11 Å². The van der Waals surface area contributed by atoms with Gasteiger partial charge in [0, 0.05) is 5.41 Å². The Morgan fingerprint density at radius 1 is 1.29 bits per heavy atom. The molecule has 1 nitrogen and oxygen atoms in total. The fourth-order valence-corrected chi connectivity index (χ4v) is 6.02. The Hall–Kier alpha value is -0.560. The summed E-state index contributed by atoms with van der Waals surface area (Å²) in [6.07, 6.45) is 13.4. The highest BCUT2D eigenvalue weighted by Crippen LogP contribution is 2.63. The standard InChI is InChI=1S/C20H32O/c1-5-20(14-21)12-9-16-15(13-20)7-8-17-18(2,3)10-6-11-19(16,17)4/h5,7,16-17,21H,1,6,8-14H2,2-4H3/t16-,17+,19-,20+/m1/s1. The minimum atomic E-state index is -0.0459. The van der Waals surface area contributed by atoms with Gasteiger partial charge in [-0.2, -0.15) is 0 Å². The van der Waals surface area contributed by atoms with Crippen LogP contribution in [0, 0.1) is 28.1 Å². The summed E-state index contributed by atoms with van der Waals surface area (Å²) < 4.78 is 0. The Kier molecular flexibility index (Phi) is 3.64. The first-order chi connectivity index (χ1) is 9.87. The molecule has 0 aromatic rings. The second kappa shape index (κ2) is 4.98. The molecule has 2 saturated carbocycles. The van der Waals surface area contributed by atoms with Crippen LogP contribution in [0.15, 0.2) is 24.3 Å². The van der Waals surface area contributed by atoms with Crippen molar-refractivity contribution in [3.63, 3.8) is 0 Å². The van der Waals surface area contributed by atoms with E-state index in [9.17, 15) is 5.11 Å². The number of aliphatic hydroxyl groups excluding tert-OH is 1. The molecule has 2 fully saturated rings. The van der Waals surface area contributed by atoms with Crippen molar-refractivity contribution >= 4 is 0 Å². The summed E-state index contributed by atoms with van der Waals surface area (Å²) in [6.45, 7) is 11.8. The molecular weight excluding hydrogens is 256 g/mol. The lowest BCUT2D eigenvalue weighted by Crippen LogP contribution is -2.50. The molecule has 1 N–H and O–H groups in total. The molecule has 3 aliphatic carbocycles. The fourth-order valence-electron chi connectivity index (χ4n) is 6.02. The van der Waals surface area contributed by atoms with E-state index in [1.165, 1.54) is 32.1 Å². The summed E-state index contributed by atoms with van der Waals surface area (Å²) in [5.41, 5.74) is 2.55. The number of rotatable bonds is 2. The van der Waals surface area contributed by atoms with Gasteiger partial charge in [0.1, 0.15) is 0 Å². The van der Waals surface area contributed by atoms with Crippen LogP contribution in [-0.2, 0) is 0 Å². The number of fused-ring (bicyclic) bond motifs is 3. The van der Waals surface area contributed by atoms with Crippen LogP contribution >= 0.6 is 0 Å². The normalized spacial score (nSPS) is 45.2. The third-order valence-corrected chi connectivity index (χ3v) is 7.37. The molecular formula is C20H32O. The van der Waals surface area contributed by atoms with E-state index in [-0.39, 0.29) is 12.0 Å². The third-order valence-electron chi connectivity index (χ3n) is 7.37. The lowest BCUT2D eigenvalue weighted by atomic mass is 9.46. The second-order valence-electron chi connectivity index (χ2n) is 8.91. The molecule has 4 atom stereocenters. The first kappa shape index (κ1) is 15.3. The Morgan fingerprint density at radius 2 is 2.05 bits per heavy atom. The number of hydrogen-bond donors (Lipinski definition) is 1. The first-order valence-electron chi connectivity index (χ1n) is 8.80. The summed E-state index contributed by atoms with van der Waals surface area (Å²) in [6, 6.07) is 0. The SMILES string of the molecule is C=C[C@]1(CO)CC[C@@H]2C(=CC[C@H]3C(C)(C)CCC[C@]23C)C1. The maximum atomic E-state index is 9.81. The summed E-state index contributed by atoms with van der Waals surface area (Å²) in [4.78, 5) is 0. The van der Waals surface area contributed by atoms with Gasteiger partial charge >= 0.3 is 0 Å². The van der Waals surface area contributed by atoms with Crippen molar-refractivity contribution in [1.29, 1.82) is 0 Å². The minimum Gasteiger partial charge on any atom is -0.395 e. The third kappa shape index (κ3) is 2.23. The van der Waals surface area contributed by atoms with Crippen LogP contribution in [0.5, 0.6) is 0 Å². The molecule has 0 aromatic carbocycles. The van der Waals surface area contributed by atoms with Gasteiger partial charge in [-0.1, -0.05) is 44.9 Å². The van der Waals surface area contributed by atoms with Gasteiger partial charge in [0.25, 0.3) is 0 Å². The Balaban J connectivity index is 1.93. The molecule has 0 aliphatic heterocycles. The molecule has 3 aliphatic rings. The van der Waals surface area contributed by atoms with Gasteiger partial charge in [-0.05, 0) is 61.2 Å². The molecule has 3 rings (SSSR count). The Labute approximate surface area is 130 Å². The predicted molar refractivity (Wildman–Crippen MR) is 89.0 cm³/mol. The lowest BCUT2D eigenvalue weighted by molar-refractivity contribution is -0.0524. The highest BCUT2D eigenvalue weighted by molar-refractivity contribution is 5.25. The van der Waals surface area contributed by atoms with Gasteiger partial charge in [-0.15, -0.1) is 6.58 Å². The molecule has 0 unspecified atom stereocenters. The zero-order chi connectivity index (χ0) is 15.3.